The molecule has 1 aromatic carbocycles. The number of nitrogens with one attached hydrogen (secondary N) is 1. The van der Waals surface area contributed by atoms with Crippen molar-refractivity contribution >= 4 is 49.4 Å². The number of carboxylic acid groups (broad SMARTS) is 1. The molecule has 1 amide bonds. The summed E-state index contributed by atoms with van der Waals surface area (Å²) < 4.78 is 1.22. The Hall–Kier alpha value is -0.880. The van der Waals surface area contributed by atoms with Crippen LogP contribution in [0.2, 0.25) is 0 Å². The van der Waals surface area contributed by atoms with E-state index in [-0.39, 0.29) is 17.4 Å². The summed E-state index contributed by atoms with van der Waals surface area (Å²) in [6, 6.07) is 3.23. The number of amides is 1. The number of carbonyl (C=O) groups is 2. The van der Waals surface area contributed by atoms with Gasteiger partial charge < -0.3 is 10.4 Å². The third-order valence-corrected chi connectivity index (χ3v) is 5.23. The fourth-order valence-electron chi connectivity index (χ4n) is 3.02. The first-order valence-electron chi connectivity index (χ1n) is 6.49. The fraction of sp³-hybridized carbons (Fsp3) is 0.429. The van der Waals surface area contributed by atoms with Gasteiger partial charge in [-0.15, -0.1) is 0 Å². The molecule has 0 heterocycles. The number of halogens is 2. The lowest BCUT2D eigenvalue weighted by Crippen LogP contribution is -2.23. The van der Waals surface area contributed by atoms with Gasteiger partial charge in [-0.25, -0.2) is 4.79 Å². The van der Waals surface area contributed by atoms with Gasteiger partial charge in [0.1, 0.15) is 0 Å². The highest BCUT2D eigenvalue weighted by Gasteiger charge is 2.48. The van der Waals surface area contributed by atoms with Gasteiger partial charge in [-0.2, -0.15) is 0 Å². The van der Waals surface area contributed by atoms with E-state index in [2.05, 4.69) is 37.2 Å². The molecule has 20 heavy (non-hydrogen) atoms. The summed E-state index contributed by atoms with van der Waals surface area (Å²) in [5.74, 6) is 0.339. The molecule has 2 fully saturated rings. The summed E-state index contributed by atoms with van der Waals surface area (Å²) >= 11 is 6.57. The van der Waals surface area contributed by atoms with Crippen molar-refractivity contribution in [3.8, 4) is 0 Å². The third-order valence-electron chi connectivity index (χ3n) is 4.15. The molecule has 2 aliphatic carbocycles. The highest BCUT2D eigenvalue weighted by atomic mass is 79.9. The van der Waals surface area contributed by atoms with Gasteiger partial charge in [0.05, 0.1) is 11.3 Å². The van der Waals surface area contributed by atoms with Crippen LogP contribution in [-0.4, -0.2) is 17.0 Å². The molecule has 2 saturated carbocycles. The molecule has 0 bridgehead atoms. The molecule has 2 atom stereocenters. The van der Waals surface area contributed by atoms with E-state index < -0.39 is 5.97 Å². The molecule has 2 aliphatic rings. The Bertz CT molecular complexity index is 592. The van der Waals surface area contributed by atoms with Gasteiger partial charge in [-0.1, -0.05) is 15.9 Å². The van der Waals surface area contributed by atoms with Crippen LogP contribution in [0.25, 0.3) is 0 Å². The van der Waals surface area contributed by atoms with Crippen LogP contribution in [0.4, 0.5) is 5.69 Å². The zero-order valence-corrected chi connectivity index (χ0v) is 13.7. The Morgan fingerprint density at radius 2 is 1.80 bits per heavy atom. The fourth-order valence-corrected chi connectivity index (χ4v) is 4.35. The zero-order chi connectivity index (χ0) is 14.4. The van der Waals surface area contributed by atoms with Gasteiger partial charge in [0.25, 0.3) is 0 Å². The molecule has 0 spiro atoms. The second kappa shape index (κ2) is 5.15. The maximum Gasteiger partial charge on any atom is 0.337 e. The van der Waals surface area contributed by atoms with Crippen LogP contribution < -0.4 is 5.32 Å². The van der Waals surface area contributed by atoms with Crippen molar-refractivity contribution in [1.29, 1.82) is 0 Å². The molecule has 0 aromatic heterocycles. The van der Waals surface area contributed by atoms with Crippen molar-refractivity contribution in [3.63, 3.8) is 0 Å². The van der Waals surface area contributed by atoms with Crippen molar-refractivity contribution in [3.05, 3.63) is 26.6 Å². The number of hydrogen-bond acceptors (Lipinski definition) is 2. The van der Waals surface area contributed by atoms with Crippen molar-refractivity contribution in [1.82, 2.24) is 0 Å². The summed E-state index contributed by atoms with van der Waals surface area (Å²) in [6.45, 7) is 0. The molecule has 2 N–H and O–H groups in total. The van der Waals surface area contributed by atoms with Crippen molar-refractivity contribution in [2.45, 2.75) is 19.3 Å². The number of anilines is 1. The first-order chi connectivity index (χ1) is 9.45. The Labute approximate surface area is 133 Å². The smallest absolute Gasteiger partial charge is 0.337 e. The Morgan fingerprint density at radius 1 is 1.15 bits per heavy atom. The van der Waals surface area contributed by atoms with Gasteiger partial charge >= 0.3 is 5.97 Å². The summed E-state index contributed by atoms with van der Waals surface area (Å²) in [6.07, 6.45) is 3.13. The SMILES string of the molecule is O=C(O)c1cc(Br)cc(Br)c1NC(=O)C1CC2CC2C1. The molecule has 0 aliphatic heterocycles. The molecular weight excluding hydrogens is 390 g/mol. The normalized spacial score (nSPS) is 27.0. The molecule has 6 heteroatoms. The van der Waals surface area contributed by atoms with E-state index in [4.69, 9.17) is 0 Å². The number of carbonyl (C=O) groups excluding carboxylic acids is 1. The predicted molar refractivity (Wildman–Crippen MR) is 81.8 cm³/mol. The Balaban J connectivity index is 1.82. The van der Waals surface area contributed by atoms with E-state index in [0.717, 1.165) is 24.7 Å². The summed E-state index contributed by atoms with van der Waals surface area (Å²) in [4.78, 5) is 23.6. The van der Waals surface area contributed by atoms with E-state index in [1.54, 1.807) is 6.07 Å². The molecular formula is C14H13Br2NO3. The van der Waals surface area contributed by atoms with Crippen LogP contribution in [0.1, 0.15) is 29.6 Å². The van der Waals surface area contributed by atoms with Crippen LogP contribution >= 0.6 is 31.9 Å². The van der Waals surface area contributed by atoms with Crippen LogP contribution in [0.3, 0.4) is 0 Å². The lowest BCUT2D eigenvalue weighted by Gasteiger charge is -2.15. The Kier molecular flexibility index (Phi) is 3.62. The number of hydrogen-bond donors (Lipinski definition) is 2. The van der Waals surface area contributed by atoms with E-state index in [0.29, 0.717) is 14.6 Å². The van der Waals surface area contributed by atoms with Gasteiger partial charge in [0, 0.05) is 14.9 Å². The second-order valence-corrected chi connectivity index (χ2v) is 7.30. The summed E-state index contributed by atoms with van der Waals surface area (Å²) in [5.41, 5.74) is 0.425. The minimum atomic E-state index is -1.06. The predicted octanol–water partition coefficient (Wildman–Crippen LogP) is 3.89. The average molecular weight is 403 g/mol. The molecule has 4 nitrogen and oxygen atoms in total. The highest BCUT2D eigenvalue weighted by Crippen LogP contribution is 2.54. The minimum Gasteiger partial charge on any atom is -0.478 e. The van der Waals surface area contributed by atoms with Gasteiger partial charge in [-0.05, 0) is 59.2 Å². The molecule has 0 radical (unpaired) electrons. The quantitative estimate of drug-likeness (QED) is 0.805. The van der Waals surface area contributed by atoms with Gasteiger partial charge in [0.15, 0.2) is 0 Å². The van der Waals surface area contributed by atoms with Crippen LogP contribution in [0.5, 0.6) is 0 Å². The molecule has 0 saturated heterocycles. The first-order valence-corrected chi connectivity index (χ1v) is 8.07. The molecule has 3 rings (SSSR count). The number of rotatable bonds is 3. The first kappa shape index (κ1) is 14.1. The highest BCUT2D eigenvalue weighted by molar-refractivity contribution is 9.11. The average Bonchev–Trinajstić information content (AvgIpc) is 2.98. The van der Waals surface area contributed by atoms with Gasteiger partial charge in [0.2, 0.25) is 5.91 Å². The number of benzene rings is 1. The number of fused-ring (bicyclic) bond motifs is 1. The minimum absolute atomic E-state index is 0.0240. The maximum absolute atomic E-state index is 12.3. The zero-order valence-electron chi connectivity index (χ0n) is 10.5. The lowest BCUT2D eigenvalue weighted by molar-refractivity contribution is -0.120. The lowest BCUT2D eigenvalue weighted by atomic mass is 10.0. The molecule has 2 unspecified atom stereocenters. The maximum atomic E-state index is 12.3. The third kappa shape index (κ3) is 2.63. The summed E-state index contributed by atoms with van der Waals surface area (Å²) in [5, 5.41) is 12.0. The largest absolute Gasteiger partial charge is 0.478 e. The monoisotopic (exact) mass is 401 g/mol. The van der Waals surface area contributed by atoms with Crippen molar-refractivity contribution < 1.29 is 14.7 Å². The molecule has 106 valence electrons. The van der Waals surface area contributed by atoms with Crippen molar-refractivity contribution in [2.24, 2.45) is 17.8 Å². The number of carboxylic acids is 1. The van der Waals surface area contributed by atoms with Crippen LogP contribution in [-0.2, 0) is 4.79 Å². The molecule has 1 aromatic rings. The van der Waals surface area contributed by atoms with Crippen molar-refractivity contribution in [2.75, 3.05) is 5.32 Å². The topological polar surface area (TPSA) is 66.4 Å². The van der Waals surface area contributed by atoms with Crippen LogP contribution in [0.15, 0.2) is 21.1 Å². The van der Waals surface area contributed by atoms with E-state index in [9.17, 15) is 14.7 Å². The Morgan fingerprint density at radius 3 is 2.40 bits per heavy atom. The van der Waals surface area contributed by atoms with Gasteiger partial charge in [-0.3, -0.25) is 4.79 Å². The standard InChI is InChI=1S/C14H13Br2NO3/c15-9-4-10(14(19)20)12(11(16)5-9)17-13(18)8-2-6-1-7(6)3-8/h4-8H,1-3H2,(H,17,18)(H,19,20). The van der Waals surface area contributed by atoms with E-state index in [1.807, 2.05) is 0 Å². The second-order valence-electron chi connectivity index (χ2n) is 5.53. The van der Waals surface area contributed by atoms with Crippen LogP contribution in [0, 0.1) is 17.8 Å². The van der Waals surface area contributed by atoms with E-state index in [1.165, 1.54) is 12.5 Å². The van der Waals surface area contributed by atoms with E-state index >= 15 is 0 Å². The summed E-state index contributed by atoms with van der Waals surface area (Å²) in [7, 11) is 0. The number of aromatic carboxylic acids is 1.